The number of methoxy groups -OCH3 is 1. The van der Waals surface area contributed by atoms with Crippen molar-refractivity contribution >= 4 is 17.7 Å². The van der Waals surface area contributed by atoms with Gasteiger partial charge in [0, 0.05) is 30.9 Å². The third-order valence-electron chi connectivity index (χ3n) is 8.95. The zero-order chi connectivity index (χ0) is 32.7. The number of carbonyl (C=O) groups excluding carboxylic acids is 2. The van der Waals surface area contributed by atoms with Crippen LogP contribution in [0.25, 0.3) is 11.1 Å². The van der Waals surface area contributed by atoms with Crippen molar-refractivity contribution < 1.29 is 28.5 Å². The Hall–Kier alpha value is -4.04. The fraction of sp³-hybridized carbons (Fsp3) is 0.474. The van der Waals surface area contributed by atoms with Gasteiger partial charge in [-0.2, -0.15) is 0 Å². The van der Waals surface area contributed by atoms with Crippen LogP contribution in [0.15, 0.2) is 66.7 Å². The Balaban J connectivity index is 1.40. The van der Waals surface area contributed by atoms with E-state index in [9.17, 15) is 9.59 Å². The molecule has 1 N–H and O–H groups in total. The lowest BCUT2D eigenvalue weighted by Crippen LogP contribution is -2.44. The molecule has 8 heteroatoms. The van der Waals surface area contributed by atoms with Crippen molar-refractivity contribution in [3.63, 3.8) is 0 Å². The second-order valence-corrected chi connectivity index (χ2v) is 13.7. The highest BCUT2D eigenvalue weighted by Gasteiger charge is 2.36. The van der Waals surface area contributed by atoms with E-state index >= 15 is 0 Å². The van der Waals surface area contributed by atoms with Gasteiger partial charge in [0.2, 0.25) is 0 Å². The molecule has 2 heterocycles. The summed E-state index contributed by atoms with van der Waals surface area (Å²) in [4.78, 5) is 27.0. The normalized spacial score (nSPS) is 16.8. The summed E-state index contributed by atoms with van der Waals surface area (Å²) in [6.45, 7) is 11.6. The Bertz CT molecular complexity index is 1500. The first-order valence-electron chi connectivity index (χ1n) is 16.4. The van der Waals surface area contributed by atoms with Crippen molar-refractivity contribution in [1.29, 1.82) is 0 Å². The minimum Gasteiger partial charge on any atom is -0.489 e. The molecule has 1 unspecified atom stereocenters. The van der Waals surface area contributed by atoms with Gasteiger partial charge in [0.05, 0.1) is 26.2 Å². The Morgan fingerprint density at radius 2 is 1.76 bits per heavy atom. The molecular formula is C38H48N2O6. The second-order valence-electron chi connectivity index (χ2n) is 13.7. The number of nitrogens with one attached hydrogen (secondary N) is 1. The molecule has 1 atom stereocenters. The van der Waals surface area contributed by atoms with E-state index in [0.29, 0.717) is 17.8 Å². The summed E-state index contributed by atoms with van der Waals surface area (Å²) in [5.74, 6) is 0.364. The number of alkyl carbamates (subject to hydrolysis) is 1. The molecule has 2 fully saturated rings. The number of nitrogens with zero attached hydrogens (tertiary/aromatic N) is 1. The molecule has 1 spiro atoms. The zero-order valence-corrected chi connectivity index (χ0v) is 27.9. The van der Waals surface area contributed by atoms with E-state index in [0.717, 1.165) is 79.1 Å². The van der Waals surface area contributed by atoms with Gasteiger partial charge in [0.1, 0.15) is 18.0 Å². The average Bonchev–Trinajstić information content (AvgIpc) is 3.04. The molecule has 5 rings (SSSR count). The van der Waals surface area contributed by atoms with Crippen LogP contribution in [0.1, 0.15) is 76.1 Å². The lowest BCUT2D eigenvalue weighted by atomic mass is 9.74. The number of piperidine rings is 1. The number of ether oxygens (including phenoxy) is 4. The Kier molecular flexibility index (Phi) is 10.6. The number of carbonyl (C=O) groups is 2. The Morgan fingerprint density at radius 3 is 2.48 bits per heavy atom. The van der Waals surface area contributed by atoms with Gasteiger partial charge in [-0.1, -0.05) is 36.4 Å². The number of hydrogen-bond acceptors (Lipinski definition) is 7. The minimum atomic E-state index is -0.567. The van der Waals surface area contributed by atoms with E-state index in [4.69, 9.17) is 18.9 Å². The van der Waals surface area contributed by atoms with Crippen LogP contribution in [0.3, 0.4) is 0 Å². The van der Waals surface area contributed by atoms with Gasteiger partial charge in [-0.15, -0.1) is 0 Å². The summed E-state index contributed by atoms with van der Waals surface area (Å²) >= 11 is 0. The molecule has 0 bridgehead atoms. The third kappa shape index (κ3) is 8.81. The molecule has 8 nitrogen and oxygen atoms in total. The number of hydrogen-bond donors (Lipinski definition) is 1. The molecule has 0 aromatic heterocycles. The van der Waals surface area contributed by atoms with E-state index < -0.39 is 11.7 Å². The van der Waals surface area contributed by atoms with Gasteiger partial charge in [-0.05, 0) is 111 Å². The Labute approximate surface area is 273 Å². The van der Waals surface area contributed by atoms with Crippen LogP contribution in [0.2, 0.25) is 0 Å². The van der Waals surface area contributed by atoms with Gasteiger partial charge < -0.3 is 29.2 Å². The molecule has 1 amide bonds. The number of benzene rings is 3. The lowest BCUT2D eigenvalue weighted by molar-refractivity contribution is -0.139. The van der Waals surface area contributed by atoms with Crippen LogP contribution in [0.4, 0.5) is 10.5 Å². The number of esters is 1. The van der Waals surface area contributed by atoms with Crippen LogP contribution in [0.5, 0.6) is 5.75 Å². The van der Waals surface area contributed by atoms with Crippen LogP contribution < -0.4 is 15.0 Å². The van der Waals surface area contributed by atoms with Gasteiger partial charge in [-0.25, -0.2) is 4.79 Å². The highest BCUT2D eigenvalue weighted by molar-refractivity contribution is 5.74. The molecule has 46 heavy (non-hydrogen) atoms. The first kappa shape index (κ1) is 33.3. The van der Waals surface area contributed by atoms with Crippen LogP contribution in [-0.2, 0) is 32.0 Å². The molecule has 0 saturated carbocycles. The van der Waals surface area contributed by atoms with Crippen molar-refractivity contribution in [3.8, 4) is 16.9 Å². The summed E-state index contributed by atoms with van der Waals surface area (Å²) < 4.78 is 22.6. The summed E-state index contributed by atoms with van der Waals surface area (Å²) in [6.07, 6.45) is 4.34. The highest BCUT2D eigenvalue weighted by Crippen LogP contribution is 2.41. The summed E-state index contributed by atoms with van der Waals surface area (Å²) in [6, 6.07) is 22.3. The molecule has 0 aliphatic carbocycles. The average molecular weight is 629 g/mol. The van der Waals surface area contributed by atoms with Crippen molar-refractivity contribution in [2.75, 3.05) is 38.3 Å². The fourth-order valence-electron chi connectivity index (χ4n) is 6.38. The summed E-state index contributed by atoms with van der Waals surface area (Å²) in [5.41, 5.74) is 5.84. The van der Waals surface area contributed by atoms with Crippen LogP contribution in [-0.4, -0.2) is 51.1 Å². The molecule has 3 aromatic rings. The molecule has 2 aliphatic rings. The molecule has 0 radical (unpaired) electrons. The largest absolute Gasteiger partial charge is 0.489 e. The SMILES string of the molecule is COC(=O)Cc1ccccc1OCc1cc(-c2cccc(C(C)NC(=O)OC(C)(C)C)c2)cc(N2CCC3(CCCOC3)CC2)c1. The van der Waals surface area contributed by atoms with E-state index in [1.165, 1.54) is 13.5 Å². The number of para-hydroxylation sites is 1. The minimum absolute atomic E-state index is 0.152. The second kappa shape index (κ2) is 14.6. The molecular weight excluding hydrogens is 580 g/mol. The van der Waals surface area contributed by atoms with E-state index in [1.807, 2.05) is 64.1 Å². The molecule has 2 aliphatic heterocycles. The smallest absolute Gasteiger partial charge is 0.408 e. The predicted molar refractivity (Wildman–Crippen MR) is 180 cm³/mol. The van der Waals surface area contributed by atoms with E-state index in [-0.39, 0.29) is 18.4 Å². The molecule has 246 valence electrons. The number of amides is 1. The zero-order valence-electron chi connectivity index (χ0n) is 27.9. The molecule has 2 saturated heterocycles. The topological polar surface area (TPSA) is 86.3 Å². The van der Waals surface area contributed by atoms with Gasteiger partial charge in [-0.3, -0.25) is 4.79 Å². The summed E-state index contributed by atoms with van der Waals surface area (Å²) in [7, 11) is 1.39. The van der Waals surface area contributed by atoms with Gasteiger partial charge >= 0.3 is 12.1 Å². The number of anilines is 1. The maximum absolute atomic E-state index is 12.5. The van der Waals surface area contributed by atoms with Crippen molar-refractivity contribution in [2.24, 2.45) is 5.41 Å². The Morgan fingerprint density at radius 1 is 0.978 bits per heavy atom. The standard InChI is InChI=1S/C38H48N2O6/c1-27(39-36(42)46-37(2,3)4)29-11-8-12-30(22-29)32-20-28(25-45-34-13-7-6-10-31(34)24-35(41)43-5)21-33(23-32)40-17-15-38(16-18-40)14-9-19-44-26-38/h6-8,10-13,20-23,27H,9,14-19,24-26H2,1-5H3,(H,39,42). The number of rotatable bonds is 9. The fourth-order valence-corrected chi connectivity index (χ4v) is 6.38. The highest BCUT2D eigenvalue weighted by atomic mass is 16.6. The monoisotopic (exact) mass is 628 g/mol. The van der Waals surface area contributed by atoms with Crippen molar-refractivity contribution in [2.45, 2.75) is 78.0 Å². The van der Waals surface area contributed by atoms with Crippen LogP contribution in [0, 0.1) is 5.41 Å². The van der Waals surface area contributed by atoms with Crippen molar-refractivity contribution in [1.82, 2.24) is 5.32 Å². The first-order chi connectivity index (χ1) is 22.0. The van der Waals surface area contributed by atoms with E-state index in [2.05, 4.69) is 40.5 Å². The van der Waals surface area contributed by atoms with Crippen molar-refractivity contribution in [3.05, 3.63) is 83.4 Å². The molecule has 3 aromatic carbocycles. The maximum Gasteiger partial charge on any atom is 0.408 e. The first-order valence-corrected chi connectivity index (χ1v) is 16.4. The predicted octanol–water partition coefficient (Wildman–Crippen LogP) is 7.63. The van der Waals surface area contributed by atoms with E-state index in [1.54, 1.807) is 0 Å². The van der Waals surface area contributed by atoms with Gasteiger partial charge in [0.25, 0.3) is 0 Å². The quantitative estimate of drug-likeness (QED) is 0.244. The maximum atomic E-state index is 12.5. The van der Waals surface area contributed by atoms with Gasteiger partial charge in [0.15, 0.2) is 0 Å². The summed E-state index contributed by atoms with van der Waals surface area (Å²) in [5, 5.41) is 2.96. The lowest BCUT2D eigenvalue weighted by Gasteiger charge is -2.44. The van der Waals surface area contributed by atoms with Crippen LogP contribution >= 0.6 is 0 Å². The third-order valence-corrected chi connectivity index (χ3v) is 8.95.